The minimum Gasteiger partial charge on any atom is -0.255 e. The highest BCUT2D eigenvalue weighted by Gasteiger charge is 2.62. The minimum absolute atomic E-state index is 1.28. The lowest BCUT2D eigenvalue weighted by molar-refractivity contribution is -0.793. The van der Waals surface area contributed by atoms with Crippen LogP contribution in [-0.4, -0.2) is 15.8 Å². The first kappa shape index (κ1) is 7.11. The fourth-order valence-electron chi connectivity index (χ4n) is 0.393. The minimum atomic E-state index is -2.94. The fourth-order valence-corrected chi connectivity index (χ4v) is 0.393. The van der Waals surface area contributed by atoms with E-state index in [1.54, 1.807) is 0 Å². The van der Waals surface area contributed by atoms with E-state index in [4.69, 9.17) is 0 Å². The van der Waals surface area contributed by atoms with Crippen LogP contribution in [0.5, 0.6) is 0 Å². The van der Waals surface area contributed by atoms with Crippen molar-refractivity contribution in [2.24, 2.45) is 20.7 Å². The van der Waals surface area contributed by atoms with Crippen LogP contribution in [0.15, 0.2) is 20.7 Å². The Labute approximate surface area is 57.9 Å². The highest BCUT2D eigenvalue weighted by molar-refractivity contribution is 4.57. The van der Waals surface area contributed by atoms with Gasteiger partial charge in [-0.05, 0) is 10.4 Å². The van der Waals surface area contributed by atoms with Crippen molar-refractivity contribution < 1.29 is 9.85 Å². The summed E-state index contributed by atoms with van der Waals surface area (Å²) in [4.78, 5) is 17.5. The molecule has 11 heavy (non-hydrogen) atoms. The summed E-state index contributed by atoms with van der Waals surface area (Å²) in [5.41, 5.74) is 0. The van der Waals surface area contributed by atoms with Crippen LogP contribution in [0.1, 0.15) is 0 Å². The third kappa shape index (κ3) is 0.798. The van der Waals surface area contributed by atoms with Crippen molar-refractivity contribution in [3.63, 3.8) is 0 Å². The molecular formula is CN6O4. The molecule has 0 unspecified atom stereocenters. The molecule has 0 aromatic carbocycles. The van der Waals surface area contributed by atoms with Gasteiger partial charge < -0.3 is 0 Å². The van der Waals surface area contributed by atoms with Crippen LogP contribution in [0.25, 0.3) is 0 Å². The summed E-state index contributed by atoms with van der Waals surface area (Å²) < 4.78 is 0. The summed E-state index contributed by atoms with van der Waals surface area (Å²) in [5.74, 6) is -2.94. The molecule has 0 aromatic heterocycles. The van der Waals surface area contributed by atoms with Crippen LogP contribution < -0.4 is 0 Å². The standard InChI is InChI=1S/CN6O4/c8-6(9)1(7(10)11)2-4-5-3-1. The molecule has 0 N–H and O–H groups in total. The third-order valence-electron chi connectivity index (χ3n) is 0.888. The van der Waals surface area contributed by atoms with Gasteiger partial charge in [0.05, 0.1) is 0 Å². The number of hydrogen-bond acceptors (Lipinski definition) is 8. The van der Waals surface area contributed by atoms with E-state index in [1.165, 1.54) is 0 Å². The Morgan fingerprint density at radius 1 is 1.00 bits per heavy atom. The van der Waals surface area contributed by atoms with E-state index in [1.807, 2.05) is 0 Å². The number of nitro groups is 2. The van der Waals surface area contributed by atoms with Gasteiger partial charge >= 0.3 is 5.91 Å². The Morgan fingerprint density at radius 3 is 1.55 bits per heavy atom. The van der Waals surface area contributed by atoms with Crippen LogP contribution in [0.4, 0.5) is 0 Å². The Balaban J connectivity index is 3.09. The van der Waals surface area contributed by atoms with Crippen molar-refractivity contribution in [1.29, 1.82) is 0 Å². The smallest absolute Gasteiger partial charge is 0.255 e. The quantitative estimate of drug-likeness (QED) is 0.318. The Kier molecular flexibility index (Phi) is 1.29. The van der Waals surface area contributed by atoms with Crippen LogP contribution in [0.2, 0.25) is 0 Å². The molecule has 1 aliphatic heterocycles. The number of nitrogens with zero attached hydrogens (tertiary/aromatic N) is 6. The van der Waals surface area contributed by atoms with E-state index >= 15 is 0 Å². The summed E-state index contributed by atoms with van der Waals surface area (Å²) >= 11 is 0. The monoisotopic (exact) mass is 160 g/mol. The fraction of sp³-hybridized carbons (Fsp3) is 1.00. The lowest BCUT2D eigenvalue weighted by Crippen LogP contribution is -2.40. The summed E-state index contributed by atoms with van der Waals surface area (Å²) in [6, 6.07) is 0. The second-order valence-corrected chi connectivity index (χ2v) is 1.49. The maximum Gasteiger partial charge on any atom is 0.711 e. The Morgan fingerprint density at radius 2 is 1.36 bits per heavy atom. The molecule has 0 atom stereocenters. The maximum absolute atomic E-state index is 10.0. The third-order valence-corrected chi connectivity index (χ3v) is 0.888. The van der Waals surface area contributed by atoms with Gasteiger partial charge in [0.2, 0.25) is 0 Å². The molecule has 58 valence electrons. The number of rotatable bonds is 2. The van der Waals surface area contributed by atoms with E-state index in [0.29, 0.717) is 0 Å². The summed E-state index contributed by atoms with van der Waals surface area (Å²) in [6.45, 7) is 0. The summed E-state index contributed by atoms with van der Waals surface area (Å²) in [6.07, 6.45) is 0. The predicted molar refractivity (Wildman–Crippen MR) is 26.4 cm³/mol. The first-order valence-electron chi connectivity index (χ1n) is 2.22. The van der Waals surface area contributed by atoms with Crippen molar-refractivity contribution >= 4 is 0 Å². The Bertz CT molecular complexity index is 238. The molecule has 0 saturated heterocycles. The van der Waals surface area contributed by atoms with Crippen LogP contribution in [0, 0.1) is 20.2 Å². The van der Waals surface area contributed by atoms with Crippen molar-refractivity contribution in [3.8, 4) is 0 Å². The lowest BCUT2D eigenvalue weighted by atomic mass is 10.7. The molecule has 0 saturated carbocycles. The van der Waals surface area contributed by atoms with Crippen molar-refractivity contribution in [3.05, 3.63) is 20.2 Å². The van der Waals surface area contributed by atoms with Gasteiger partial charge in [0.15, 0.2) is 9.85 Å². The highest BCUT2D eigenvalue weighted by Crippen LogP contribution is 2.20. The van der Waals surface area contributed by atoms with Gasteiger partial charge in [0.25, 0.3) is 0 Å². The van der Waals surface area contributed by atoms with Gasteiger partial charge in [-0.2, -0.15) is 0 Å². The molecule has 10 nitrogen and oxygen atoms in total. The molecule has 0 radical (unpaired) electrons. The lowest BCUT2D eigenvalue weighted by Gasteiger charge is -1.98. The zero-order valence-corrected chi connectivity index (χ0v) is 4.82. The van der Waals surface area contributed by atoms with Gasteiger partial charge in [-0.3, -0.25) is 20.2 Å². The van der Waals surface area contributed by atoms with Gasteiger partial charge in [-0.25, -0.2) is 0 Å². The highest BCUT2D eigenvalue weighted by atomic mass is 16.7. The normalized spacial score (nSPS) is 18.5. The summed E-state index contributed by atoms with van der Waals surface area (Å²) in [7, 11) is 0. The molecule has 0 amide bonds. The zero-order chi connectivity index (χ0) is 8.48. The van der Waals surface area contributed by atoms with Crippen LogP contribution >= 0.6 is 0 Å². The average Bonchev–Trinajstić information content (AvgIpc) is 2.34. The largest absolute Gasteiger partial charge is 0.711 e. The Hall–Kier alpha value is -2.00. The zero-order valence-electron chi connectivity index (χ0n) is 4.82. The molecule has 1 heterocycles. The molecule has 1 aliphatic rings. The topological polar surface area (TPSA) is 136 Å². The SMILES string of the molecule is O=[N+]([O-])C1([N+](=O)[O-])N=NN=N1. The van der Waals surface area contributed by atoms with Crippen molar-refractivity contribution in [1.82, 2.24) is 0 Å². The van der Waals surface area contributed by atoms with E-state index in [9.17, 15) is 20.2 Å². The van der Waals surface area contributed by atoms with Crippen molar-refractivity contribution in [2.45, 2.75) is 5.91 Å². The first-order chi connectivity index (χ1) is 5.09. The molecule has 0 bridgehead atoms. The molecule has 10 heteroatoms. The second-order valence-electron chi connectivity index (χ2n) is 1.49. The first-order valence-corrected chi connectivity index (χ1v) is 2.22. The molecule has 0 aromatic rings. The van der Waals surface area contributed by atoms with Gasteiger partial charge in [-0.15, -0.1) is 0 Å². The summed E-state index contributed by atoms with van der Waals surface area (Å²) in [5, 5.41) is 30.7. The maximum atomic E-state index is 10.0. The molecule has 0 fully saturated rings. The average molecular weight is 160 g/mol. The van der Waals surface area contributed by atoms with Crippen LogP contribution in [0.3, 0.4) is 0 Å². The van der Waals surface area contributed by atoms with Gasteiger partial charge in [0, 0.05) is 10.2 Å². The molecular weight excluding hydrogens is 160 g/mol. The second kappa shape index (κ2) is 2.00. The molecule has 0 spiro atoms. The van der Waals surface area contributed by atoms with E-state index < -0.39 is 15.8 Å². The van der Waals surface area contributed by atoms with E-state index in [2.05, 4.69) is 20.7 Å². The molecule has 1 rings (SSSR count). The van der Waals surface area contributed by atoms with Crippen molar-refractivity contribution in [2.75, 3.05) is 0 Å². The van der Waals surface area contributed by atoms with E-state index in [-0.39, 0.29) is 0 Å². The number of hydrogen-bond donors (Lipinski definition) is 0. The van der Waals surface area contributed by atoms with Crippen LogP contribution in [-0.2, 0) is 0 Å². The van der Waals surface area contributed by atoms with Gasteiger partial charge in [0.1, 0.15) is 0 Å². The molecule has 0 aliphatic carbocycles. The van der Waals surface area contributed by atoms with Gasteiger partial charge in [-0.1, -0.05) is 0 Å². The van der Waals surface area contributed by atoms with E-state index in [0.717, 1.165) is 0 Å². The predicted octanol–water partition coefficient (Wildman–Crippen LogP) is -0.0159.